The molecule has 0 bridgehead atoms. The summed E-state index contributed by atoms with van der Waals surface area (Å²) in [6, 6.07) is 1.78. The van der Waals surface area contributed by atoms with Crippen LogP contribution in [0.3, 0.4) is 0 Å². The number of hydrogen-bond donors (Lipinski definition) is 0. The molecule has 0 N–H and O–H groups in total. The van der Waals surface area contributed by atoms with Crippen molar-refractivity contribution in [1.29, 1.82) is 0 Å². The smallest absolute Gasteiger partial charge is 0.133 e. The summed E-state index contributed by atoms with van der Waals surface area (Å²) in [5.41, 5.74) is 0.944. The van der Waals surface area contributed by atoms with Gasteiger partial charge in [-0.25, -0.2) is 9.97 Å². The Hall–Kier alpha value is -0.280. The maximum atomic E-state index is 5.81. The lowest BCUT2D eigenvalue weighted by molar-refractivity contribution is 0.832. The van der Waals surface area contributed by atoms with Crippen molar-refractivity contribution in [2.75, 3.05) is 12.0 Å². The Labute approximate surface area is 88.1 Å². The van der Waals surface area contributed by atoms with Crippen LogP contribution in [0.4, 0.5) is 0 Å². The highest BCUT2D eigenvalue weighted by molar-refractivity contribution is 7.98. The van der Waals surface area contributed by atoms with Crippen LogP contribution in [-0.2, 0) is 6.42 Å². The van der Waals surface area contributed by atoms with Gasteiger partial charge in [0, 0.05) is 12.1 Å². The second-order valence-corrected chi connectivity index (χ2v) is 4.22. The number of aryl methyl sites for hydroxylation is 2. The number of nitrogens with zero attached hydrogens (tertiary/aromatic N) is 2. The first-order valence-corrected chi connectivity index (χ1v) is 5.98. The van der Waals surface area contributed by atoms with Gasteiger partial charge in [0.25, 0.3) is 0 Å². The van der Waals surface area contributed by atoms with Gasteiger partial charge in [0.1, 0.15) is 11.0 Å². The Kier molecular flexibility index (Phi) is 4.53. The molecule has 0 aromatic carbocycles. The molecule has 0 aliphatic heterocycles. The van der Waals surface area contributed by atoms with Crippen molar-refractivity contribution in [2.45, 2.75) is 19.8 Å². The van der Waals surface area contributed by atoms with Crippen LogP contribution in [0.2, 0.25) is 5.15 Å². The maximum absolute atomic E-state index is 5.81. The van der Waals surface area contributed by atoms with Crippen LogP contribution in [0.1, 0.15) is 17.9 Å². The molecule has 0 radical (unpaired) electrons. The minimum Gasteiger partial charge on any atom is -0.238 e. The molecule has 0 saturated heterocycles. The second-order valence-electron chi connectivity index (χ2n) is 2.84. The molecule has 1 heterocycles. The van der Waals surface area contributed by atoms with Crippen molar-refractivity contribution in [2.24, 2.45) is 0 Å². The van der Waals surface area contributed by atoms with Gasteiger partial charge in [-0.1, -0.05) is 11.6 Å². The molecule has 0 aliphatic rings. The van der Waals surface area contributed by atoms with Crippen molar-refractivity contribution >= 4 is 23.4 Å². The number of thioether (sulfide) groups is 1. The largest absolute Gasteiger partial charge is 0.238 e. The van der Waals surface area contributed by atoms with E-state index >= 15 is 0 Å². The normalized spacial score (nSPS) is 10.4. The molecular weight excluding hydrogens is 204 g/mol. The molecule has 13 heavy (non-hydrogen) atoms. The van der Waals surface area contributed by atoms with E-state index in [2.05, 4.69) is 16.2 Å². The average molecular weight is 217 g/mol. The third-order valence-corrected chi connectivity index (χ3v) is 2.51. The Morgan fingerprint density at radius 1 is 1.46 bits per heavy atom. The van der Waals surface area contributed by atoms with Gasteiger partial charge in [-0.05, 0) is 31.4 Å². The van der Waals surface area contributed by atoms with Crippen molar-refractivity contribution in [3.63, 3.8) is 0 Å². The highest BCUT2D eigenvalue weighted by Crippen LogP contribution is 2.08. The van der Waals surface area contributed by atoms with Crippen LogP contribution in [0.25, 0.3) is 0 Å². The van der Waals surface area contributed by atoms with E-state index in [-0.39, 0.29) is 0 Å². The minimum absolute atomic E-state index is 0.548. The monoisotopic (exact) mass is 216 g/mol. The van der Waals surface area contributed by atoms with E-state index in [1.807, 2.05) is 18.7 Å². The topological polar surface area (TPSA) is 25.8 Å². The summed E-state index contributed by atoms with van der Waals surface area (Å²) in [6.07, 6.45) is 4.13. The predicted molar refractivity (Wildman–Crippen MR) is 58.5 cm³/mol. The number of hydrogen-bond acceptors (Lipinski definition) is 3. The van der Waals surface area contributed by atoms with E-state index in [4.69, 9.17) is 11.6 Å². The van der Waals surface area contributed by atoms with Crippen molar-refractivity contribution in [3.05, 3.63) is 22.7 Å². The third-order valence-electron chi connectivity index (χ3n) is 1.62. The number of aromatic nitrogens is 2. The van der Waals surface area contributed by atoms with E-state index < -0.39 is 0 Å². The summed E-state index contributed by atoms with van der Waals surface area (Å²) >= 11 is 7.65. The van der Waals surface area contributed by atoms with Crippen molar-refractivity contribution < 1.29 is 0 Å². The quantitative estimate of drug-likeness (QED) is 0.572. The molecule has 1 aromatic heterocycles. The summed E-state index contributed by atoms with van der Waals surface area (Å²) in [7, 11) is 0. The van der Waals surface area contributed by atoms with E-state index in [0.717, 1.165) is 30.1 Å². The second kappa shape index (κ2) is 5.45. The molecule has 0 atom stereocenters. The Morgan fingerprint density at radius 2 is 2.23 bits per heavy atom. The SMILES string of the molecule is CSCCCc1nc(C)cc(Cl)n1. The maximum Gasteiger partial charge on any atom is 0.133 e. The first-order chi connectivity index (χ1) is 6.22. The Bertz CT molecular complexity index is 258. The van der Waals surface area contributed by atoms with Crippen LogP contribution in [0.15, 0.2) is 6.07 Å². The Balaban J connectivity index is 2.56. The summed E-state index contributed by atoms with van der Waals surface area (Å²) in [6.45, 7) is 1.94. The number of halogens is 1. The lowest BCUT2D eigenvalue weighted by Gasteiger charge is -2.00. The van der Waals surface area contributed by atoms with Crippen LogP contribution < -0.4 is 0 Å². The first-order valence-electron chi connectivity index (χ1n) is 4.21. The average Bonchev–Trinajstić information content (AvgIpc) is 2.03. The van der Waals surface area contributed by atoms with E-state index in [1.165, 1.54) is 0 Å². The molecule has 72 valence electrons. The summed E-state index contributed by atoms with van der Waals surface area (Å²) in [4.78, 5) is 8.45. The van der Waals surface area contributed by atoms with E-state index in [1.54, 1.807) is 6.07 Å². The molecule has 0 unspecified atom stereocenters. The lowest BCUT2D eigenvalue weighted by Crippen LogP contribution is -1.98. The zero-order chi connectivity index (χ0) is 9.68. The zero-order valence-electron chi connectivity index (χ0n) is 7.88. The Morgan fingerprint density at radius 3 is 2.85 bits per heavy atom. The summed E-state index contributed by atoms with van der Waals surface area (Å²) in [5.74, 6) is 2.01. The fourth-order valence-electron chi connectivity index (χ4n) is 1.08. The molecule has 4 heteroatoms. The molecule has 0 fully saturated rings. The predicted octanol–water partition coefficient (Wildman–Crippen LogP) is 2.73. The molecule has 2 nitrogen and oxygen atoms in total. The van der Waals surface area contributed by atoms with Crippen LogP contribution in [-0.4, -0.2) is 22.0 Å². The van der Waals surface area contributed by atoms with Crippen LogP contribution >= 0.6 is 23.4 Å². The zero-order valence-corrected chi connectivity index (χ0v) is 9.45. The van der Waals surface area contributed by atoms with Crippen molar-refractivity contribution in [1.82, 2.24) is 9.97 Å². The van der Waals surface area contributed by atoms with Crippen LogP contribution in [0, 0.1) is 6.92 Å². The summed E-state index contributed by atoms with van der Waals surface area (Å²) < 4.78 is 0. The van der Waals surface area contributed by atoms with Gasteiger partial charge in [0.15, 0.2) is 0 Å². The van der Waals surface area contributed by atoms with E-state index in [9.17, 15) is 0 Å². The fraction of sp³-hybridized carbons (Fsp3) is 0.556. The number of rotatable bonds is 4. The minimum atomic E-state index is 0.548. The van der Waals surface area contributed by atoms with Gasteiger partial charge in [-0.2, -0.15) is 11.8 Å². The standard InChI is InChI=1S/C9H13ClN2S/c1-7-6-8(10)12-9(11-7)4-3-5-13-2/h6H,3-5H2,1-2H3. The molecule has 1 rings (SSSR count). The summed E-state index contributed by atoms with van der Waals surface area (Å²) in [5, 5.41) is 0.548. The van der Waals surface area contributed by atoms with Gasteiger partial charge in [0.2, 0.25) is 0 Å². The molecule has 0 spiro atoms. The van der Waals surface area contributed by atoms with Crippen LogP contribution in [0.5, 0.6) is 0 Å². The first kappa shape index (κ1) is 10.8. The van der Waals surface area contributed by atoms with Gasteiger partial charge < -0.3 is 0 Å². The molecule has 1 aromatic rings. The van der Waals surface area contributed by atoms with Gasteiger partial charge >= 0.3 is 0 Å². The van der Waals surface area contributed by atoms with Gasteiger partial charge in [-0.15, -0.1) is 0 Å². The molecular formula is C9H13ClN2S. The van der Waals surface area contributed by atoms with Crippen molar-refractivity contribution in [3.8, 4) is 0 Å². The third kappa shape index (κ3) is 3.96. The lowest BCUT2D eigenvalue weighted by atomic mass is 10.3. The van der Waals surface area contributed by atoms with E-state index in [0.29, 0.717) is 5.15 Å². The highest BCUT2D eigenvalue weighted by atomic mass is 35.5. The fourth-order valence-corrected chi connectivity index (χ4v) is 1.76. The van der Waals surface area contributed by atoms with Gasteiger partial charge in [-0.3, -0.25) is 0 Å². The molecule has 0 aliphatic carbocycles. The highest BCUT2D eigenvalue weighted by Gasteiger charge is 1.99. The molecule has 0 amide bonds. The van der Waals surface area contributed by atoms with Gasteiger partial charge in [0.05, 0.1) is 0 Å². The molecule has 0 saturated carbocycles.